The molecule has 2 unspecified atom stereocenters. The highest BCUT2D eigenvalue weighted by atomic mass is 16.3. The van der Waals surface area contributed by atoms with Gasteiger partial charge in [0.15, 0.2) is 11.6 Å². The van der Waals surface area contributed by atoms with E-state index in [0.717, 1.165) is 0 Å². The molecule has 0 aromatic heterocycles. The van der Waals surface area contributed by atoms with Crippen LogP contribution < -0.4 is 0 Å². The first-order chi connectivity index (χ1) is 8.68. The molecule has 3 rings (SSSR count). The Balaban J connectivity index is 2.02. The summed E-state index contributed by atoms with van der Waals surface area (Å²) in [6, 6.07) is 6.29. The molecule has 3 nitrogen and oxygen atoms in total. The van der Waals surface area contributed by atoms with Gasteiger partial charge in [0.05, 0.1) is 5.92 Å². The third-order valence-corrected chi connectivity index (χ3v) is 3.56. The van der Waals surface area contributed by atoms with Gasteiger partial charge in [-0.3, -0.25) is 9.59 Å². The summed E-state index contributed by atoms with van der Waals surface area (Å²) in [7, 11) is 0. The number of benzene rings is 1. The van der Waals surface area contributed by atoms with Gasteiger partial charge in [-0.2, -0.15) is 0 Å². The number of allylic oxidation sites excluding steroid dienone is 4. The monoisotopic (exact) mass is 240 g/mol. The Morgan fingerprint density at radius 3 is 2.50 bits per heavy atom. The van der Waals surface area contributed by atoms with Crippen molar-refractivity contribution in [2.75, 3.05) is 0 Å². The second-order valence-electron chi connectivity index (χ2n) is 4.63. The summed E-state index contributed by atoms with van der Waals surface area (Å²) in [6.45, 7) is 0. The van der Waals surface area contributed by atoms with Crippen molar-refractivity contribution in [1.82, 2.24) is 0 Å². The average Bonchev–Trinajstić information content (AvgIpc) is 2.64. The quantitative estimate of drug-likeness (QED) is 0.765. The maximum Gasteiger partial charge on any atom is 0.174 e. The molecule has 1 N–H and O–H groups in total. The van der Waals surface area contributed by atoms with Crippen LogP contribution in [0.15, 0.2) is 48.1 Å². The standard InChI is InChI=1S/C15H12O3/c16-10-7-5-9(6-8-10)13-14(17)11-3-1-2-4-12(11)15(13)18/h1-3,5-8,12-13,16H,4H2. The van der Waals surface area contributed by atoms with Crippen LogP contribution in [0.2, 0.25) is 0 Å². The number of hydrogen-bond acceptors (Lipinski definition) is 3. The van der Waals surface area contributed by atoms with E-state index in [0.29, 0.717) is 17.6 Å². The fourth-order valence-corrected chi connectivity index (χ4v) is 2.63. The van der Waals surface area contributed by atoms with Crippen LogP contribution in [0.4, 0.5) is 0 Å². The predicted octanol–water partition coefficient (Wildman–Crippen LogP) is 2.13. The lowest BCUT2D eigenvalue weighted by Crippen LogP contribution is -2.15. The van der Waals surface area contributed by atoms with Gasteiger partial charge < -0.3 is 5.11 Å². The topological polar surface area (TPSA) is 54.4 Å². The SMILES string of the molecule is O=C1C2=CC=CCC2C(=O)C1c1ccc(O)cc1. The number of aromatic hydroxyl groups is 1. The van der Waals surface area contributed by atoms with Crippen molar-refractivity contribution < 1.29 is 14.7 Å². The first kappa shape index (κ1) is 11.0. The Kier molecular flexibility index (Phi) is 2.40. The van der Waals surface area contributed by atoms with Gasteiger partial charge in [0, 0.05) is 5.57 Å². The number of carbonyl (C=O) groups is 2. The van der Waals surface area contributed by atoms with Crippen molar-refractivity contribution in [3.63, 3.8) is 0 Å². The van der Waals surface area contributed by atoms with Gasteiger partial charge in [-0.25, -0.2) is 0 Å². The minimum Gasteiger partial charge on any atom is -0.508 e. The zero-order valence-corrected chi connectivity index (χ0v) is 9.67. The number of Topliss-reactive ketones (excluding diaryl/α,β-unsaturated/α-hetero) is 2. The average molecular weight is 240 g/mol. The third kappa shape index (κ3) is 1.51. The van der Waals surface area contributed by atoms with Gasteiger partial charge in [0.2, 0.25) is 0 Å². The molecule has 0 spiro atoms. The van der Waals surface area contributed by atoms with Crippen LogP contribution in [0.1, 0.15) is 17.9 Å². The molecular formula is C15H12O3. The molecule has 2 aliphatic carbocycles. The molecule has 0 heterocycles. The Bertz CT molecular complexity index is 578. The predicted molar refractivity (Wildman–Crippen MR) is 66.2 cm³/mol. The Labute approximate surface area is 104 Å². The highest BCUT2D eigenvalue weighted by Gasteiger charge is 2.45. The van der Waals surface area contributed by atoms with Gasteiger partial charge in [0.1, 0.15) is 11.7 Å². The van der Waals surface area contributed by atoms with Crippen LogP contribution in [0, 0.1) is 5.92 Å². The molecular weight excluding hydrogens is 228 g/mol. The molecule has 1 aromatic carbocycles. The van der Waals surface area contributed by atoms with E-state index in [2.05, 4.69) is 0 Å². The Hall–Kier alpha value is -2.16. The molecule has 0 saturated heterocycles. The second-order valence-corrected chi connectivity index (χ2v) is 4.63. The van der Waals surface area contributed by atoms with Crippen LogP contribution in [0.5, 0.6) is 5.75 Å². The summed E-state index contributed by atoms with van der Waals surface area (Å²) < 4.78 is 0. The van der Waals surface area contributed by atoms with Crippen LogP contribution >= 0.6 is 0 Å². The summed E-state index contributed by atoms with van der Waals surface area (Å²) >= 11 is 0. The molecule has 0 aliphatic heterocycles. The van der Waals surface area contributed by atoms with Crippen molar-refractivity contribution in [3.8, 4) is 5.75 Å². The minimum absolute atomic E-state index is 0.0266. The molecule has 18 heavy (non-hydrogen) atoms. The molecule has 90 valence electrons. The molecule has 1 aromatic rings. The number of carbonyl (C=O) groups excluding carboxylic acids is 2. The molecule has 2 aliphatic rings. The summed E-state index contributed by atoms with van der Waals surface area (Å²) in [5.41, 5.74) is 1.29. The largest absolute Gasteiger partial charge is 0.508 e. The van der Waals surface area contributed by atoms with Crippen LogP contribution in [0.25, 0.3) is 0 Å². The van der Waals surface area contributed by atoms with E-state index >= 15 is 0 Å². The zero-order valence-electron chi connectivity index (χ0n) is 9.67. The number of rotatable bonds is 1. The summed E-state index contributed by atoms with van der Waals surface area (Å²) in [5, 5.41) is 9.25. The maximum absolute atomic E-state index is 12.3. The highest BCUT2D eigenvalue weighted by molar-refractivity contribution is 6.24. The first-order valence-electron chi connectivity index (χ1n) is 5.92. The van der Waals surface area contributed by atoms with Gasteiger partial charge in [-0.15, -0.1) is 0 Å². The number of phenolic OH excluding ortho intramolecular Hbond substituents is 1. The molecule has 0 bridgehead atoms. The molecule has 0 radical (unpaired) electrons. The van der Waals surface area contributed by atoms with E-state index in [1.165, 1.54) is 12.1 Å². The van der Waals surface area contributed by atoms with Gasteiger partial charge in [-0.05, 0) is 24.1 Å². The minimum atomic E-state index is -0.693. The number of ketones is 2. The van der Waals surface area contributed by atoms with Crippen LogP contribution in [-0.2, 0) is 9.59 Å². The molecule has 2 atom stereocenters. The van der Waals surface area contributed by atoms with Crippen molar-refractivity contribution in [3.05, 3.63) is 53.6 Å². The fraction of sp³-hybridized carbons (Fsp3) is 0.200. The van der Waals surface area contributed by atoms with E-state index in [9.17, 15) is 14.7 Å². The van der Waals surface area contributed by atoms with E-state index in [-0.39, 0.29) is 23.2 Å². The van der Waals surface area contributed by atoms with Gasteiger partial charge >= 0.3 is 0 Å². The summed E-state index contributed by atoms with van der Waals surface area (Å²) in [6.07, 6.45) is 6.11. The normalized spacial score (nSPS) is 26.1. The van der Waals surface area contributed by atoms with E-state index in [1.807, 2.05) is 12.2 Å². The van der Waals surface area contributed by atoms with Gasteiger partial charge in [-0.1, -0.05) is 30.4 Å². The van der Waals surface area contributed by atoms with E-state index < -0.39 is 5.92 Å². The molecule has 1 fully saturated rings. The van der Waals surface area contributed by atoms with E-state index in [1.54, 1.807) is 18.2 Å². The number of hydrogen-bond donors (Lipinski definition) is 1. The highest BCUT2D eigenvalue weighted by Crippen LogP contribution is 2.39. The van der Waals surface area contributed by atoms with Crippen molar-refractivity contribution in [1.29, 1.82) is 0 Å². The van der Waals surface area contributed by atoms with Crippen molar-refractivity contribution in [2.45, 2.75) is 12.3 Å². The van der Waals surface area contributed by atoms with Crippen LogP contribution in [-0.4, -0.2) is 16.7 Å². The molecule has 3 heteroatoms. The fourth-order valence-electron chi connectivity index (χ4n) is 2.63. The molecule has 1 saturated carbocycles. The zero-order chi connectivity index (χ0) is 12.7. The van der Waals surface area contributed by atoms with Crippen molar-refractivity contribution in [2.24, 2.45) is 5.92 Å². The van der Waals surface area contributed by atoms with E-state index in [4.69, 9.17) is 0 Å². The number of fused-ring (bicyclic) bond motifs is 1. The smallest absolute Gasteiger partial charge is 0.174 e. The number of phenols is 1. The Morgan fingerprint density at radius 2 is 1.83 bits per heavy atom. The molecule has 0 amide bonds. The summed E-state index contributed by atoms with van der Waals surface area (Å²) in [4.78, 5) is 24.5. The summed E-state index contributed by atoms with van der Waals surface area (Å²) in [5.74, 6) is -0.959. The van der Waals surface area contributed by atoms with Crippen LogP contribution in [0.3, 0.4) is 0 Å². The first-order valence-corrected chi connectivity index (χ1v) is 5.92. The lowest BCUT2D eigenvalue weighted by molar-refractivity contribution is -0.124. The second kappa shape index (κ2) is 3.95. The lowest BCUT2D eigenvalue weighted by atomic mass is 9.92. The Morgan fingerprint density at radius 1 is 1.11 bits per heavy atom. The van der Waals surface area contributed by atoms with Gasteiger partial charge in [0.25, 0.3) is 0 Å². The third-order valence-electron chi connectivity index (χ3n) is 3.56. The van der Waals surface area contributed by atoms with Crippen molar-refractivity contribution >= 4 is 11.6 Å². The maximum atomic E-state index is 12.3. The lowest BCUT2D eigenvalue weighted by Gasteiger charge is -2.09.